The summed E-state index contributed by atoms with van der Waals surface area (Å²) in [5.74, 6) is 1.62. The summed E-state index contributed by atoms with van der Waals surface area (Å²) in [5.41, 5.74) is 1.15. The highest BCUT2D eigenvalue weighted by atomic mass is 19.1. The maximum atomic E-state index is 12.8. The van der Waals surface area contributed by atoms with Crippen LogP contribution < -0.4 is 0 Å². The van der Waals surface area contributed by atoms with Gasteiger partial charge in [0.05, 0.1) is 6.20 Å². The molecule has 2 aromatic heterocycles. The van der Waals surface area contributed by atoms with Crippen molar-refractivity contribution in [2.75, 3.05) is 0 Å². The first-order chi connectivity index (χ1) is 8.31. The van der Waals surface area contributed by atoms with Crippen LogP contribution in [0.5, 0.6) is 0 Å². The van der Waals surface area contributed by atoms with Crippen LogP contribution in [0, 0.1) is 12.0 Å². The molecule has 1 aliphatic rings. The van der Waals surface area contributed by atoms with Gasteiger partial charge in [-0.05, 0) is 5.92 Å². The Morgan fingerprint density at radius 2 is 2.06 bits per heavy atom. The zero-order valence-corrected chi connectivity index (χ0v) is 9.62. The molecule has 2 heterocycles. The Hall–Kier alpha value is -1.52. The number of nitrogens with zero attached hydrogens (tertiary/aromatic N) is 3. The second-order valence-electron chi connectivity index (χ2n) is 4.77. The van der Waals surface area contributed by atoms with Crippen LogP contribution >= 0.6 is 0 Å². The number of hydrogen-bond acceptors (Lipinski definition) is 3. The summed E-state index contributed by atoms with van der Waals surface area (Å²) in [6.45, 7) is 0. The van der Waals surface area contributed by atoms with Gasteiger partial charge >= 0.3 is 6.08 Å². The van der Waals surface area contributed by atoms with Crippen molar-refractivity contribution in [1.82, 2.24) is 19.9 Å². The Kier molecular flexibility index (Phi) is 2.74. The minimum Gasteiger partial charge on any atom is -0.339 e. The van der Waals surface area contributed by atoms with E-state index in [1.54, 1.807) is 0 Å². The van der Waals surface area contributed by atoms with E-state index in [2.05, 4.69) is 19.9 Å². The van der Waals surface area contributed by atoms with Gasteiger partial charge in [-0.3, -0.25) is 0 Å². The number of hydrogen-bond donors (Lipinski definition) is 1. The molecule has 90 valence electrons. The van der Waals surface area contributed by atoms with Crippen molar-refractivity contribution in [3.63, 3.8) is 0 Å². The van der Waals surface area contributed by atoms with E-state index in [0.29, 0.717) is 11.6 Å². The molecule has 1 fully saturated rings. The minimum atomic E-state index is -0.715. The van der Waals surface area contributed by atoms with E-state index in [0.717, 1.165) is 17.8 Å². The van der Waals surface area contributed by atoms with Gasteiger partial charge in [-0.15, -0.1) is 0 Å². The van der Waals surface area contributed by atoms with Crippen LogP contribution in [0.1, 0.15) is 37.9 Å². The minimum absolute atomic E-state index is 0.434. The van der Waals surface area contributed by atoms with Gasteiger partial charge in [0.25, 0.3) is 0 Å². The molecule has 0 atom stereocenters. The fourth-order valence-corrected chi connectivity index (χ4v) is 2.60. The normalized spacial score (nSPS) is 17.7. The lowest BCUT2D eigenvalue weighted by Gasteiger charge is -2.20. The van der Waals surface area contributed by atoms with E-state index in [9.17, 15) is 4.39 Å². The van der Waals surface area contributed by atoms with E-state index >= 15 is 0 Å². The summed E-state index contributed by atoms with van der Waals surface area (Å²) < 4.78 is 12.8. The predicted octanol–water partition coefficient (Wildman–Crippen LogP) is 2.61. The van der Waals surface area contributed by atoms with Gasteiger partial charge in [0.2, 0.25) is 0 Å². The van der Waals surface area contributed by atoms with E-state index in [1.807, 2.05) is 0 Å². The number of fused-ring (bicyclic) bond motifs is 1. The largest absolute Gasteiger partial charge is 0.339 e. The molecule has 0 spiro atoms. The average molecular weight is 234 g/mol. The molecule has 2 aromatic rings. The summed E-state index contributed by atoms with van der Waals surface area (Å²) in [7, 11) is 0. The summed E-state index contributed by atoms with van der Waals surface area (Å²) in [6, 6.07) is 0. The van der Waals surface area contributed by atoms with Crippen LogP contribution in [-0.2, 0) is 6.42 Å². The predicted molar refractivity (Wildman–Crippen MR) is 61.9 cm³/mol. The highest BCUT2D eigenvalue weighted by Gasteiger charge is 2.16. The molecular formula is C12H15FN4. The highest BCUT2D eigenvalue weighted by Crippen LogP contribution is 2.26. The van der Waals surface area contributed by atoms with Crippen molar-refractivity contribution in [2.45, 2.75) is 38.5 Å². The number of rotatable bonds is 2. The number of nitrogens with one attached hydrogen (secondary N) is 1. The monoisotopic (exact) mass is 234 g/mol. The van der Waals surface area contributed by atoms with Crippen LogP contribution in [0.15, 0.2) is 6.20 Å². The van der Waals surface area contributed by atoms with Crippen molar-refractivity contribution in [3.8, 4) is 0 Å². The number of imidazole rings is 1. The van der Waals surface area contributed by atoms with Gasteiger partial charge in [-0.2, -0.15) is 9.37 Å². The zero-order valence-electron chi connectivity index (χ0n) is 9.62. The summed E-state index contributed by atoms with van der Waals surface area (Å²) in [4.78, 5) is 14.7. The average Bonchev–Trinajstić information content (AvgIpc) is 2.71. The topological polar surface area (TPSA) is 54.5 Å². The molecular weight excluding hydrogens is 219 g/mol. The van der Waals surface area contributed by atoms with Crippen LogP contribution in [0.25, 0.3) is 11.2 Å². The third kappa shape index (κ3) is 2.28. The second-order valence-corrected chi connectivity index (χ2v) is 4.77. The molecule has 0 amide bonds. The zero-order chi connectivity index (χ0) is 11.7. The first-order valence-corrected chi connectivity index (χ1v) is 6.18. The van der Waals surface area contributed by atoms with Crippen molar-refractivity contribution in [2.24, 2.45) is 5.92 Å². The molecule has 1 aliphatic carbocycles. The molecule has 0 aromatic carbocycles. The van der Waals surface area contributed by atoms with Crippen molar-refractivity contribution in [1.29, 1.82) is 0 Å². The molecule has 0 radical (unpaired) electrons. The van der Waals surface area contributed by atoms with Crippen molar-refractivity contribution < 1.29 is 4.39 Å². The maximum absolute atomic E-state index is 12.8. The van der Waals surface area contributed by atoms with E-state index in [4.69, 9.17) is 0 Å². The summed E-state index contributed by atoms with van der Waals surface area (Å²) >= 11 is 0. The van der Waals surface area contributed by atoms with Gasteiger partial charge in [-0.25, -0.2) is 9.97 Å². The number of H-pyrrole nitrogens is 1. The quantitative estimate of drug-likeness (QED) is 0.812. The molecule has 0 bridgehead atoms. The Balaban J connectivity index is 1.80. The Labute approximate surface area is 98.7 Å². The second kappa shape index (κ2) is 4.39. The first-order valence-electron chi connectivity index (χ1n) is 6.18. The molecule has 1 saturated carbocycles. The number of halogens is 1. The molecule has 0 saturated heterocycles. The van der Waals surface area contributed by atoms with Gasteiger partial charge in [0.15, 0.2) is 5.65 Å². The molecule has 3 rings (SSSR count). The van der Waals surface area contributed by atoms with Gasteiger partial charge < -0.3 is 4.98 Å². The molecule has 5 heteroatoms. The molecule has 17 heavy (non-hydrogen) atoms. The van der Waals surface area contributed by atoms with Gasteiger partial charge in [-0.1, -0.05) is 32.1 Å². The standard InChI is InChI=1S/C12H15FN4/c13-12-14-7-9-11(17-12)16-10(15-9)6-8-4-2-1-3-5-8/h7-8H,1-6H2,(H,14,15,16,17). The maximum Gasteiger partial charge on any atom is 0.310 e. The molecule has 4 nitrogen and oxygen atoms in total. The number of aromatic amines is 1. The Morgan fingerprint density at radius 1 is 1.24 bits per heavy atom. The third-order valence-electron chi connectivity index (χ3n) is 3.47. The smallest absolute Gasteiger partial charge is 0.310 e. The van der Waals surface area contributed by atoms with Crippen LogP contribution in [-0.4, -0.2) is 19.9 Å². The van der Waals surface area contributed by atoms with Crippen LogP contribution in [0.4, 0.5) is 4.39 Å². The van der Waals surface area contributed by atoms with E-state index in [-0.39, 0.29) is 0 Å². The lowest BCUT2D eigenvalue weighted by molar-refractivity contribution is 0.352. The summed E-state index contributed by atoms with van der Waals surface area (Å²) in [5, 5.41) is 0. The van der Waals surface area contributed by atoms with Crippen LogP contribution in [0.2, 0.25) is 0 Å². The fourth-order valence-electron chi connectivity index (χ4n) is 2.60. The SMILES string of the molecule is Fc1ncc2[nH]c(CC3CCCCC3)nc2n1. The third-order valence-corrected chi connectivity index (χ3v) is 3.47. The van der Waals surface area contributed by atoms with Crippen LogP contribution in [0.3, 0.4) is 0 Å². The fraction of sp³-hybridized carbons (Fsp3) is 0.583. The molecule has 1 N–H and O–H groups in total. The van der Waals surface area contributed by atoms with Gasteiger partial charge in [0.1, 0.15) is 11.3 Å². The van der Waals surface area contributed by atoms with E-state index < -0.39 is 6.08 Å². The lowest BCUT2D eigenvalue weighted by Crippen LogP contribution is -2.10. The van der Waals surface area contributed by atoms with Gasteiger partial charge in [0, 0.05) is 6.42 Å². The highest BCUT2D eigenvalue weighted by molar-refractivity contribution is 5.68. The number of aromatic nitrogens is 4. The molecule has 0 aliphatic heterocycles. The first kappa shape index (κ1) is 10.6. The lowest BCUT2D eigenvalue weighted by atomic mass is 9.87. The van der Waals surface area contributed by atoms with Crippen molar-refractivity contribution >= 4 is 11.2 Å². The Morgan fingerprint density at radius 3 is 2.88 bits per heavy atom. The Bertz CT molecular complexity index is 516. The van der Waals surface area contributed by atoms with E-state index in [1.165, 1.54) is 38.3 Å². The van der Waals surface area contributed by atoms with Crippen molar-refractivity contribution in [3.05, 3.63) is 18.1 Å². The summed E-state index contributed by atoms with van der Waals surface area (Å²) in [6.07, 6.45) is 8.22. The molecule has 0 unspecified atom stereocenters.